The molecule has 1 nitrogen and oxygen atoms in total. The van der Waals surface area contributed by atoms with E-state index in [2.05, 4.69) is 4.74 Å². The first kappa shape index (κ1) is 10.6. The van der Waals surface area contributed by atoms with E-state index in [9.17, 15) is 13.2 Å². The zero-order chi connectivity index (χ0) is 9.84. The third kappa shape index (κ3) is 3.06. The summed E-state index contributed by atoms with van der Waals surface area (Å²) in [5.74, 6) is 0.135. The number of halogens is 4. The van der Waals surface area contributed by atoms with Crippen LogP contribution in [0.5, 0.6) is 5.75 Å². The van der Waals surface area contributed by atoms with Crippen molar-refractivity contribution in [3.05, 3.63) is 27.8 Å². The Hall–Kier alpha value is -0.460. The second-order valence-electron chi connectivity index (χ2n) is 2.23. The van der Waals surface area contributed by atoms with Gasteiger partial charge in [-0.25, -0.2) is 8.78 Å². The Morgan fingerprint density at radius 2 is 1.77 bits per heavy atom. The standard InChI is InChI=1S/C8H6F3IO/c9-7(10)8(11)13-6-4-2-1-3-5(6)12/h1-4,7-8H. The van der Waals surface area contributed by atoms with Crippen molar-refractivity contribution in [2.75, 3.05) is 0 Å². The van der Waals surface area contributed by atoms with Crippen LogP contribution in [0.15, 0.2) is 24.3 Å². The molecule has 0 saturated heterocycles. The first-order valence-electron chi connectivity index (χ1n) is 3.44. The SMILES string of the molecule is FC(F)C(F)Oc1ccccc1I. The minimum atomic E-state index is -3.11. The highest BCUT2D eigenvalue weighted by atomic mass is 127. The first-order chi connectivity index (χ1) is 6.11. The lowest BCUT2D eigenvalue weighted by molar-refractivity contribution is -0.0673. The molecule has 0 aromatic heterocycles. The third-order valence-electron chi connectivity index (χ3n) is 1.27. The van der Waals surface area contributed by atoms with Crippen LogP contribution in [0.2, 0.25) is 0 Å². The monoisotopic (exact) mass is 302 g/mol. The molecular weight excluding hydrogens is 296 g/mol. The average molecular weight is 302 g/mol. The molecule has 1 atom stereocenters. The van der Waals surface area contributed by atoms with Crippen LogP contribution in [0, 0.1) is 3.57 Å². The van der Waals surface area contributed by atoms with Crippen LogP contribution < -0.4 is 4.74 Å². The molecular formula is C8H6F3IO. The Kier molecular flexibility index (Phi) is 3.83. The number of ether oxygens (including phenoxy) is 1. The molecule has 0 fully saturated rings. The topological polar surface area (TPSA) is 9.23 Å². The Balaban J connectivity index is 2.69. The van der Waals surface area contributed by atoms with Gasteiger partial charge in [-0.2, -0.15) is 4.39 Å². The van der Waals surface area contributed by atoms with Gasteiger partial charge in [0.25, 0.3) is 6.36 Å². The van der Waals surface area contributed by atoms with Crippen LogP contribution in [-0.2, 0) is 0 Å². The van der Waals surface area contributed by atoms with Gasteiger partial charge < -0.3 is 4.74 Å². The van der Waals surface area contributed by atoms with E-state index in [-0.39, 0.29) is 5.75 Å². The highest BCUT2D eigenvalue weighted by Crippen LogP contribution is 2.22. The molecule has 0 aliphatic rings. The largest absolute Gasteiger partial charge is 0.453 e. The molecule has 0 saturated carbocycles. The maximum atomic E-state index is 12.4. The van der Waals surface area contributed by atoms with Gasteiger partial charge in [-0.3, -0.25) is 0 Å². The van der Waals surface area contributed by atoms with Crippen molar-refractivity contribution in [1.82, 2.24) is 0 Å². The number of hydrogen-bond acceptors (Lipinski definition) is 1. The van der Waals surface area contributed by atoms with Gasteiger partial charge in [0.15, 0.2) is 0 Å². The Labute approximate surface area is 87.0 Å². The van der Waals surface area contributed by atoms with Crippen LogP contribution in [0.4, 0.5) is 13.2 Å². The maximum Gasteiger partial charge on any atom is 0.304 e. The molecule has 0 amide bonds. The van der Waals surface area contributed by atoms with Gasteiger partial charge in [0.2, 0.25) is 0 Å². The average Bonchev–Trinajstić information content (AvgIpc) is 2.08. The lowest BCUT2D eigenvalue weighted by atomic mass is 10.3. The lowest BCUT2D eigenvalue weighted by Crippen LogP contribution is -2.19. The van der Waals surface area contributed by atoms with E-state index in [0.717, 1.165) is 0 Å². The molecule has 72 valence electrons. The number of rotatable bonds is 3. The fourth-order valence-electron chi connectivity index (χ4n) is 0.713. The molecule has 0 N–H and O–H groups in total. The van der Waals surface area contributed by atoms with E-state index in [1.807, 2.05) is 22.6 Å². The quantitative estimate of drug-likeness (QED) is 0.779. The lowest BCUT2D eigenvalue weighted by Gasteiger charge is -2.11. The van der Waals surface area contributed by atoms with Crippen molar-refractivity contribution in [1.29, 1.82) is 0 Å². The highest BCUT2D eigenvalue weighted by molar-refractivity contribution is 14.1. The fraction of sp³-hybridized carbons (Fsp3) is 0.250. The number of alkyl halides is 3. The van der Waals surface area contributed by atoms with Gasteiger partial charge in [0, 0.05) is 0 Å². The van der Waals surface area contributed by atoms with E-state index >= 15 is 0 Å². The molecule has 0 radical (unpaired) electrons. The van der Waals surface area contributed by atoms with Crippen LogP contribution >= 0.6 is 22.6 Å². The summed E-state index contributed by atoms with van der Waals surface area (Å²) in [5.41, 5.74) is 0. The zero-order valence-corrected chi connectivity index (χ0v) is 8.54. The molecule has 0 heterocycles. The molecule has 1 rings (SSSR count). The molecule has 0 aliphatic heterocycles. The van der Waals surface area contributed by atoms with E-state index < -0.39 is 12.8 Å². The maximum absolute atomic E-state index is 12.4. The summed E-state index contributed by atoms with van der Waals surface area (Å²) in [6.07, 6.45) is -5.67. The summed E-state index contributed by atoms with van der Waals surface area (Å²) < 4.78 is 40.9. The van der Waals surface area contributed by atoms with Crippen LogP contribution in [0.1, 0.15) is 0 Å². The fourth-order valence-corrected chi connectivity index (χ4v) is 1.23. The molecule has 1 aromatic carbocycles. The normalized spacial score (nSPS) is 13.0. The number of para-hydroxylation sites is 1. The van der Waals surface area contributed by atoms with E-state index in [1.54, 1.807) is 18.2 Å². The summed E-state index contributed by atoms with van der Waals surface area (Å²) in [6, 6.07) is 6.39. The van der Waals surface area contributed by atoms with E-state index in [0.29, 0.717) is 3.57 Å². The summed E-state index contributed by atoms with van der Waals surface area (Å²) in [5, 5.41) is 0. The van der Waals surface area contributed by atoms with Gasteiger partial charge in [0.1, 0.15) is 5.75 Å². The summed E-state index contributed by atoms with van der Waals surface area (Å²) in [6.45, 7) is 0. The van der Waals surface area contributed by atoms with Crippen molar-refractivity contribution < 1.29 is 17.9 Å². The first-order valence-corrected chi connectivity index (χ1v) is 4.52. The van der Waals surface area contributed by atoms with Gasteiger partial charge >= 0.3 is 6.43 Å². The minimum absolute atomic E-state index is 0.135. The van der Waals surface area contributed by atoms with Crippen molar-refractivity contribution in [3.63, 3.8) is 0 Å². The molecule has 0 spiro atoms. The van der Waals surface area contributed by atoms with Crippen molar-refractivity contribution in [2.24, 2.45) is 0 Å². The van der Waals surface area contributed by atoms with Crippen molar-refractivity contribution >= 4 is 22.6 Å². The summed E-state index contributed by atoms with van der Waals surface area (Å²) in [7, 11) is 0. The van der Waals surface area contributed by atoms with E-state index in [4.69, 9.17) is 0 Å². The molecule has 5 heteroatoms. The number of hydrogen-bond donors (Lipinski definition) is 0. The third-order valence-corrected chi connectivity index (χ3v) is 2.17. The summed E-state index contributed by atoms with van der Waals surface area (Å²) >= 11 is 1.88. The predicted molar refractivity (Wildman–Crippen MR) is 50.7 cm³/mol. The Morgan fingerprint density at radius 3 is 2.31 bits per heavy atom. The smallest absolute Gasteiger partial charge is 0.304 e. The number of benzene rings is 1. The molecule has 1 aromatic rings. The molecule has 0 aliphatic carbocycles. The van der Waals surface area contributed by atoms with Gasteiger partial charge in [-0.05, 0) is 34.7 Å². The van der Waals surface area contributed by atoms with E-state index in [1.165, 1.54) is 6.07 Å². The second kappa shape index (κ2) is 4.69. The Bertz CT molecular complexity index is 280. The Morgan fingerprint density at radius 1 is 1.15 bits per heavy atom. The minimum Gasteiger partial charge on any atom is -0.453 e. The molecule has 1 unspecified atom stereocenters. The van der Waals surface area contributed by atoms with Crippen LogP contribution in [-0.4, -0.2) is 12.8 Å². The van der Waals surface area contributed by atoms with Gasteiger partial charge in [-0.1, -0.05) is 12.1 Å². The second-order valence-corrected chi connectivity index (χ2v) is 3.40. The summed E-state index contributed by atoms with van der Waals surface area (Å²) in [4.78, 5) is 0. The predicted octanol–water partition coefficient (Wildman–Crippen LogP) is 3.23. The van der Waals surface area contributed by atoms with Crippen LogP contribution in [0.3, 0.4) is 0 Å². The highest BCUT2D eigenvalue weighted by Gasteiger charge is 2.21. The van der Waals surface area contributed by atoms with Crippen molar-refractivity contribution in [3.8, 4) is 5.75 Å². The zero-order valence-electron chi connectivity index (χ0n) is 6.38. The molecule has 0 bridgehead atoms. The van der Waals surface area contributed by atoms with Crippen molar-refractivity contribution in [2.45, 2.75) is 12.8 Å². The van der Waals surface area contributed by atoms with Gasteiger partial charge in [0.05, 0.1) is 3.57 Å². The van der Waals surface area contributed by atoms with Crippen LogP contribution in [0.25, 0.3) is 0 Å². The molecule has 13 heavy (non-hydrogen) atoms. The van der Waals surface area contributed by atoms with Gasteiger partial charge in [-0.15, -0.1) is 0 Å².